The summed E-state index contributed by atoms with van der Waals surface area (Å²) >= 11 is 0. The van der Waals surface area contributed by atoms with E-state index in [0.29, 0.717) is 31.1 Å². The molecule has 2 aromatic rings. The molecule has 1 aliphatic rings. The van der Waals surface area contributed by atoms with Gasteiger partial charge in [-0.05, 0) is 38.1 Å². The second-order valence-corrected chi connectivity index (χ2v) is 6.94. The summed E-state index contributed by atoms with van der Waals surface area (Å²) < 4.78 is 11.3. The summed E-state index contributed by atoms with van der Waals surface area (Å²) in [4.78, 5) is 28.2. The van der Waals surface area contributed by atoms with E-state index in [0.717, 1.165) is 5.75 Å². The molecular formula is C22H26N2O4. The molecule has 3 rings (SSSR count). The Morgan fingerprint density at radius 1 is 1.18 bits per heavy atom. The molecule has 0 saturated carbocycles. The molecule has 2 amide bonds. The number of amides is 2. The molecule has 0 spiro atoms. The van der Waals surface area contributed by atoms with Crippen LogP contribution in [0.15, 0.2) is 48.5 Å². The van der Waals surface area contributed by atoms with Crippen molar-refractivity contribution in [3.63, 3.8) is 0 Å². The Bertz CT molecular complexity index is 835. The first-order valence-electron chi connectivity index (χ1n) is 9.46. The van der Waals surface area contributed by atoms with Crippen molar-refractivity contribution in [2.45, 2.75) is 26.4 Å². The zero-order chi connectivity index (χ0) is 20.1. The number of aryl methyl sites for hydroxylation is 1. The minimum atomic E-state index is -0.550. The average molecular weight is 382 g/mol. The Morgan fingerprint density at radius 3 is 2.64 bits per heavy atom. The number of hydrogen-bond acceptors (Lipinski definition) is 4. The van der Waals surface area contributed by atoms with Gasteiger partial charge in [0.05, 0.1) is 12.2 Å². The van der Waals surface area contributed by atoms with E-state index < -0.39 is 6.10 Å². The van der Waals surface area contributed by atoms with Crippen molar-refractivity contribution in [2.24, 2.45) is 0 Å². The summed E-state index contributed by atoms with van der Waals surface area (Å²) in [7, 11) is 1.75. The van der Waals surface area contributed by atoms with Gasteiger partial charge in [0.1, 0.15) is 18.1 Å². The molecule has 0 radical (unpaired) electrons. The van der Waals surface area contributed by atoms with Gasteiger partial charge in [0.25, 0.3) is 5.91 Å². The van der Waals surface area contributed by atoms with E-state index in [1.54, 1.807) is 23.8 Å². The van der Waals surface area contributed by atoms with Gasteiger partial charge in [0.2, 0.25) is 5.91 Å². The molecule has 6 heteroatoms. The quantitative estimate of drug-likeness (QED) is 0.739. The third kappa shape index (κ3) is 4.63. The van der Waals surface area contributed by atoms with Gasteiger partial charge in [-0.15, -0.1) is 0 Å². The van der Waals surface area contributed by atoms with Gasteiger partial charge in [0, 0.05) is 20.0 Å². The van der Waals surface area contributed by atoms with Crippen LogP contribution in [-0.2, 0) is 9.59 Å². The number of anilines is 1. The molecule has 0 saturated heterocycles. The van der Waals surface area contributed by atoms with Crippen LogP contribution in [-0.4, -0.2) is 49.6 Å². The van der Waals surface area contributed by atoms with E-state index in [9.17, 15) is 9.59 Å². The summed E-state index contributed by atoms with van der Waals surface area (Å²) in [5, 5.41) is 0. The standard InChI is InChI=1S/C22H26N2O4/c1-16-8-10-18(11-9-16)27-15-14-23(3)21(25)12-13-24-19-6-4-5-7-20(19)28-17(2)22(24)26/h4-11,17H,12-15H2,1-3H3. The predicted molar refractivity (Wildman–Crippen MR) is 108 cm³/mol. The van der Waals surface area contributed by atoms with Crippen LogP contribution >= 0.6 is 0 Å². The molecule has 1 atom stereocenters. The first-order chi connectivity index (χ1) is 13.5. The van der Waals surface area contributed by atoms with Crippen molar-refractivity contribution in [2.75, 3.05) is 31.6 Å². The summed E-state index contributed by atoms with van der Waals surface area (Å²) in [5.41, 5.74) is 1.89. The minimum absolute atomic E-state index is 0.0306. The van der Waals surface area contributed by atoms with Crippen LogP contribution in [0.2, 0.25) is 0 Å². The van der Waals surface area contributed by atoms with Crippen molar-refractivity contribution >= 4 is 17.5 Å². The molecule has 28 heavy (non-hydrogen) atoms. The van der Waals surface area contributed by atoms with Crippen LogP contribution in [0.4, 0.5) is 5.69 Å². The van der Waals surface area contributed by atoms with Gasteiger partial charge in [-0.2, -0.15) is 0 Å². The summed E-state index contributed by atoms with van der Waals surface area (Å²) in [6, 6.07) is 15.2. The van der Waals surface area contributed by atoms with Crippen LogP contribution in [0, 0.1) is 6.92 Å². The molecule has 1 unspecified atom stereocenters. The third-order valence-electron chi connectivity index (χ3n) is 4.77. The lowest BCUT2D eigenvalue weighted by Crippen LogP contribution is -2.46. The number of para-hydroxylation sites is 2. The fourth-order valence-corrected chi connectivity index (χ4v) is 3.05. The highest BCUT2D eigenvalue weighted by Gasteiger charge is 2.31. The van der Waals surface area contributed by atoms with Crippen LogP contribution in [0.5, 0.6) is 11.5 Å². The van der Waals surface area contributed by atoms with E-state index in [4.69, 9.17) is 9.47 Å². The van der Waals surface area contributed by atoms with E-state index in [1.165, 1.54) is 5.56 Å². The van der Waals surface area contributed by atoms with E-state index in [2.05, 4.69) is 0 Å². The number of nitrogens with zero attached hydrogens (tertiary/aromatic N) is 2. The van der Waals surface area contributed by atoms with Crippen LogP contribution in [0.3, 0.4) is 0 Å². The number of likely N-dealkylation sites (N-methyl/N-ethyl adjacent to an activating group) is 1. The number of carbonyl (C=O) groups is 2. The van der Waals surface area contributed by atoms with E-state index >= 15 is 0 Å². The Balaban J connectivity index is 1.50. The molecule has 0 fully saturated rings. The maximum Gasteiger partial charge on any atom is 0.267 e. The molecular weight excluding hydrogens is 356 g/mol. The second-order valence-electron chi connectivity index (χ2n) is 6.94. The highest BCUT2D eigenvalue weighted by Crippen LogP contribution is 2.33. The van der Waals surface area contributed by atoms with Gasteiger partial charge in [0.15, 0.2) is 6.10 Å². The van der Waals surface area contributed by atoms with Gasteiger partial charge in [-0.25, -0.2) is 0 Å². The fraction of sp³-hybridized carbons (Fsp3) is 0.364. The summed E-state index contributed by atoms with van der Waals surface area (Å²) in [5.74, 6) is 1.30. The van der Waals surface area contributed by atoms with Crippen molar-refractivity contribution in [3.05, 3.63) is 54.1 Å². The number of fused-ring (bicyclic) bond motifs is 1. The first kappa shape index (κ1) is 19.7. The molecule has 0 aliphatic carbocycles. The predicted octanol–water partition coefficient (Wildman–Crippen LogP) is 3.04. The van der Waals surface area contributed by atoms with Crippen molar-refractivity contribution < 1.29 is 19.1 Å². The van der Waals surface area contributed by atoms with Crippen LogP contribution in [0.25, 0.3) is 0 Å². The van der Waals surface area contributed by atoms with Crippen LogP contribution < -0.4 is 14.4 Å². The third-order valence-corrected chi connectivity index (χ3v) is 4.77. The van der Waals surface area contributed by atoms with E-state index in [1.807, 2.05) is 55.5 Å². The smallest absolute Gasteiger partial charge is 0.267 e. The van der Waals surface area contributed by atoms with Crippen molar-refractivity contribution in [1.29, 1.82) is 0 Å². The lowest BCUT2D eigenvalue weighted by Gasteiger charge is -2.33. The fourth-order valence-electron chi connectivity index (χ4n) is 3.05. The SMILES string of the molecule is Cc1ccc(OCCN(C)C(=O)CCN2C(=O)C(C)Oc3ccccc32)cc1. The Labute approximate surface area is 165 Å². The van der Waals surface area contributed by atoms with Gasteiger partial charge < -0.3 is 19.3 Å². The zero-order valence-corrected chi connectivity index (χ0v) is 16.6. The Morgan fingerprint density at radius 2 is 1.89 bits per heavy atom. The van der Waals surface area contributed by atoms with Crippen LogP contribution in [0.1, 0.15) is 18.9 Å². The minimum Gasteiger partial charge on any atom is -0.492 e. The van der Waals surface area contributed by atoms with Crippen molar-refractivity contribution in [1.82, 2.24) is 4.90 Å². The maximum atomic E-state index is 12.5. The number of ether oxygens (including phenoxy) is 2. The maximum absolute atomic E-state index is 12.5. The monoisotopic (exact) mass is 382 g/mol. The Hall–Kier alpha value is -3.02. The highest BCUT2D eigenvalue weighted by molar-refractivity contribution is 6.00. The lowest BCUT2D eigenvalue weighted by atomic mass is 10.1. The summed E-state index contributed by atoms with van der Waals surface area (Å²) in [6.45, 7) is 4.97. The highest BCUT2D eigenvalue weighted by atomic mass is 16.5. The number of rotatable bonds is 7. The molecule has 0 aromatic heterocycles. The zero-order valence-electron chi connectivity index (χ0n) is 16.6. The second kappa shape index (κ2) is 8.78. The van der Waals surface area contributed by atoms with Gasteiger partial charge in [-0.3, -0.25) is 9.59 Å². The number of carbonyl (C=O) groups excluding carboxylic acids is 2. The first-order valence-corrected chi connectivity index (χ1v) is 9.46. The number of hydrogen-bond donors (Lipinski definition) is 0. The van der Waals surface area contributed by atoms with Gasteiger partial charge >= 0.3 is 0 Å². The topological polar surface area (TPSA) is 59.1 Å². The molecule has 1 aliphatic heterocycles. The molecule has 6 nitrogen and oxygen atoms in total. The Kier molecular flexibility index (Phi) is 6.19. The largest absolute Gasteiger partial charge is 0.492 e. The normalized spacial score (nSPS) is 15.6. The molecule has 0 bridgehead atoms. The van der Waals surface area contributed by atoms with Crippen molar-refractivity contribution in [3.8, 4) is 11.5 Å². The number of benzene rings is 2. The van der Waals surface area contributed by atoms with E-state index in [-0.39, 0.29) is 18.2 Å². The molecule has 0 N–H and O–H groups in total. The molecule has 1 heterocycles. The summed E-state index contributed by atoms with van der Waals surface area (Å²) in [6.07, 6.45) is -0.306. The average Bonchev–Trinajstić information content (AvgIpc) is 2.69. The molecule has 2 aromatic carbocycles. The lowest BCUT2D eigenvalue weighted by molar-refractivity contribution is -0.130. The molecule has 148 valence electrons. The van der Waals surface area contributed by atoms with Gasteiger partial charge in [-0.1, -0.05) is 29.8 Å².